The van der Waals surface area contributed by atoms with Crippen molar-refractivity contribution in [3.63, 3.8) is 0 Å². The standard InChI is InChI=1S/C37H32F3N3O2S2/c1-22-10-8-11-23(2)35(22)41-26-16-18-28-31(20-26)44-32-21-27(42-36-24(3)12-9-13-25(36)4)17-19-29(32)34(28)30-14-6-7-15-33(30)46-43(5)45-47-37(38,39)40/h6-21,41H,1-5H3. The summed E-state index contributed by atoms with van der Waals surface area (Å²) in [7, 11) is 1.45. The van der Waals surface area contributed by atoms with Gasteiger partial charge in [-0.1, -0.05) is 54.6 Å². The first-order chi connectivity index (χ1) is 22.5. The van der Waals surface area contributed by atoms with Gasteiger partial charge in [-0.05, 0) is 97.8 Å². The number of para-hydroxylation sites is 2. The molecule has 1 N–H and O–H groups in total. The second-order valence-corrected chi connectivity index (χ2v) is 13.2. The van der Waals surface area contributed by atoms with E-state index in [9.17, 15) is 13.2 Å². The molecule has 0 amide bonds. The maximum atomic E-state index is 12.9. The van der Waals surface area contributed by atoms with Gasteiger partial charge in [0, 0.05) is 52.0 Å². The summed E-state index contributed by atoms with van der Waals surface area (Å²) in [4.78, 5) is 5.69. The van der Waals surface area contributed by atoms with Gasteiger partial charge in [-0.2, -0.15) is 13.2 Å². The highest BCUT2D eigenvalue weighted by Gasteiger charge is 2.31. The summed E-state index contributed by atoms with van der Waals surface area (Å²) in [5, 5.41) is 5.16. The molecule has 0 radical (unpaired) electrons. The Kier molecular flexibility index (Phi) is 9.39. The molecule has 240 valence electrons. The number of aryl methyl sites for hydroxylation is 4. The third-order valence-electron chi connectivity index (χ3n) is 7.76. The molecule has 0 saturated heterocycles. The maximum Gasteiger partial charge on any atom is 0.469 e. The van der Waals surface area contributed by atoms with Crippen LogP contribution >= 0.6 is 24.0 Å². The lowest BCUT2D eigenvalue weighted by molar-refractivity contribution is -0.0488. The number of benzene rings is 5. The Morgan fingerprint density at radius 1 is 0.766 bits per heavy atom. The van der Waals surface area contributed by atoms with Crippen LogP contribution < -0.4 is 10.7 Å². The van der Waals surface area contributed by atoms with E-state index in [2.05, 4.69) is 31.3 Å². The van der Waals surface area contributed by atoms with E-state index in [1.54, 1.807) is 0 Å². The van der Waals surface area contributed by atoms with Crippen molar-refractivity contribution in [3.05, 3.63) is 125 Å². The van der Waals surface area contributed by atoms with E-state index in [1.165, 1.54) is 7.05 Å². The molecule has 47 heavy (non-hydrogen) atoms. The van der Waals surface area contributed by atoms with Crippen LogP contribution in [-0.2, 0) is 4.28 Å². The second-order valence-electron chi connectivity index (χ2n) is 11.2. The minimum absolute atomic E-state index is 0.551. The number of hydrogen-bond acceptors (Lipinski definition) is 7. The van der Waals surface area contributed by atoms with Crippen LogP contribution in [0.25, 0.3) is 33.4 Å². The summed E-state index contributed by atoms with van der Waals surface area (Å²) in [6, 6.07) is 31.7. The van der Waals surface area contributed by atoms with Crippen molar-refractivity contribution in [3.8, 4) is 22.5 Å². The zero-order chi connectivity index (χ0) is 33.3. The normalized spacial score (nSPS) is 12.4. The van der Waals surface area contributed by atoms with E-state index in [-0.39, 0.29) is 0 Å². The van der Waals surface area contributed by atoms with Gasteiger partial charge in [0.2, 0.25) is 0 Å². The number of halogens is 3. The van der Waals surface area contributed by atoms with Crippen LogP contribution in [-0.4, -0.2) is 17.0 Å². The summed E-state index contributed by atoms with van der Waals surface area (Å²) in [5.41, 5.74) is 5.88. The van der Waals surface area contributed by atoms with Crippen molar-refractivity contribution in [2.24, 2.45) is 4.99 Å². The first-order valence-electron chi connectivity index (χ1n) is 14.9. The van der Waals surface area contributed by atoms with Gasteiger partial charge in [0.05, 0.1) is 11.0 Å². The van der Waals surface area contributed by atoms with Crippen LogP contribution in [0, 0.1) is 27.7 Å². The smallest absolute Gasteiger partial charge is 0.456 e. The first kappa shape index (κ1) is 32.7. The predicted molar refractivity (Wildman–Crippen MR) is 187 cm³/mol. The molecule has 1 aliphatic carbocycles. The SMILES string of the molecule is Cc1cccc(C)c1N=c1ccc2c(-c3ccccc3SN(C)OSC(F)(F)F)c3ccc(Nc4c(C)cccc4C)cc3oc-2c1. The topological polar surface area (TPSA) is 50.0 Å². The number of fused-ring (bicyclic) bond motifs is 2. The van der Waals surface area contributed by atoms with Gasteiger partial charge < -0.3 is 9.73 Å². The lowest BCUT2D eigenvalue weighted by atomic mass is 9.93. The molecule has 0 spiro atoms. The highest BCUT2D eigenvalue weighted by Crippen LogP contribution is 2.45. The molecule has 0 unspecified atom stereocenters. The third kappa shape index (κ3) is 7.36. The van der Waals surface area contributed by atoms with E-state index in [0.29, 0.717) is 16.2 Å². The lowest BCUT2D eigenvalue weighted by Gasteiger charge is -2.20. The summed E-state index contributed by atoms with van der Waals surface area (Å²) in [6.45, 7) is 8.21. The van der Waals surface area contributed by atoms with Crippen molar-refractivity contribution < 1.29 is 21.9 Å². The monoisotopic (exact) mass is 671 g/mol. The Bertz CT molecular complexity index is 2090. The fourth-order valence-corrected chi connectivity index (χ4v) is 6.67. The maximum absolute atomic E-state index is 12.9. The molecule has 0 aromatic heterocycles. The van der Waals surface area contributed by atoms with Crippen LogP contribution in [0.2, 0.25) is 0 Å². The molecule has 0 saturated carbocycles. The average molecular weight is 672 g/mol. The Balaban J connectivity index is 1.53. The van der Waals surface area contributed by atoms with Gasteiger partial charge in [-0.15, -0.1) is 4.47 Å². The van der Waals surface area contributed by atoms with E-state index >= 15 is 0 Å². The molecule has 5 nitrogen and oxygen atoms in total. The molecule has 1 heterocycles. The van der Waals surface area contributed by atoms with E-state index in [1.807, 2.05) is 98.8 Å². The van der Waals surface area contributed by atoms with Crippen molar-refractivity contribution >= 4 is 52.0 Å². The highest BCUT2D eigenvalue weighted by molar-refractivity contribution is 7.98. The Morgan fingerprint density at radius 3 is 2.15 bits per heavy atom. The van der Waals surface area contributed by atoms with Crippen molar-refractivity contribution in [1.82, 2.24) is 4.47 Å². The molecule has 1 aliphatic heterocycles. The van der Waals surface area contributed by atoms with Crippen LogP contribution in [0.1, 0.15) is 22.3 Å². The largest absolute Gasteiger partial charge is 0.469 e. The molecule has 10 heteroatoms. The fourth-order valence-electron chi connectivity index (χ4n) is 5.58. The summed E-state index contributed by atoms with van der Waals surface area (Å²) in [6.07, 6.45) is 0. The Hall–Kier alpha value is -4.22. The highest BCUT2D eigenvalue weighted by atomic mass is 32.2. The minimum Gasteiger partial charge on any atom is -0.456 e. The molecule has 2 aliphatic rings. The summed E-state index contributed by atoms with van der Waals surface area (Å²) >= 11 is 0.517. The third-order valence-corrected chi connectivity index (χ3v) is 9.22. The molecule has 4 aromatic carbocycles. The van der Waals surface area contributed by atoms with Crippen molar-refractivity contribution in [2.75, 3.05) is 12.4 Å². The minimum atomic E-state index is -4.52. The molecule has 6 rings (SSSR count). The summed E-state index contributed by atoms with van der Waals surface area (Å²) in [5.74, 6) is 0.626. The predicted octanol–water partition coefficient (Wildman–Crippen LogP) is 11.5. The van der Waals surface area contributed by atoms with Gasteiger partial charge in [0.25, 0.3) is 0 Å². The Morgan fingerprint density at radius 2 is 1.45 bits per heavy atom. The number of hydrogen-bond donors (Lipinski definition) is 1. The number of alkyl halides is 3. The van der Waals surface area contributed by atoms with Gasteiger partial charge in [-0.3, -0.25) is 0 Å². The zero-order valence-corrected chi connectivity index (χ0v) is 28.0. The molecular weight excluding hydrogens is 640 g/mol. The number of nitrogens with one attached hydrogen (secondary N) is 1. The molecule has 4 aromatic rings. The second kappa shape index (κ2) is 13.5. The van der Waals surface area contributed by atoms with Gasteiger partial charge in [0.1, 0.15) is 23.4 Å². The van der Waals surface area contributed by atoms with Crippen molar-refractivity contribution in [2.45, 2.75) is 38.1 Å². The van der Waals surface area contributed by atoms with E-state index < -0.39 is 17.6 Å². The summed E-state index contributed by atoms with van der Waals surface area (Å²) < 4.78 is 51.2. The van der Waals surface area contributed by atoms with Crippen LogP contribution in [0.5, 0.6) is 0 Å². The zero-order valence-electron chi connectivity index (χ0n) is 26.4. The number of hydroxylamine groups is 1. The number of nitrogens with zero attached hydrogens (tertiary/aromatic N) is 2. The quantitative estimate of drug-likeness (QED) is 0.0752. The fraction of sp³-hybridized carbons (Fsp3) is 0.162. The first-order valence-corrected chi connectivity index (χ1v) is 16.4. The molecule has 0 fully saturated rings. The van der Waals surface area contributed by atoms with Gasteiger partial charge in [-0.25, -0.2) is 9.28 Å². The van der Waals surface area contributed by atoms with E-state index in [4.69, 9.17) is 13.7 Å². The van der Waals surface area contributed by atoms with Crippen LogP contribution in [0.15, 0.2) is 111 Å². The molecule has 0 atom stereocenters. The lowest BCUT2D eigenvalue weighted by Crippen LogP contribution is -2.10. The number of rotatable bonds is 8. The average Bonchev–Trinajstić information content (AvgIpc) is 3.02. The van der Waals surface area contributed by atoms with Crippen LogP contribution in [0.3, 0.4) is 0 Å². The van der Waals surface area contributed by atoms with E-state index in [0.717, 1.165) is 83.2 Å². The Labute approximate surface area is 280 Å². The van der Waals surface area contributed by atoms with Gasteiger partial charge in [0.15, 0.2) is 0 Å². The number of anilines is 2. The van der Waals surface area contributed by atoms with Gasteiger partial charge >= 0.3 is 5.51 Å². The van der Waals surface area contributed by atoms with Crippen molar-refractivity contribution in [1.29, 1.82) is 0 Å². The molecular formula is C37H32F3N3O2S2. The van der Waals surface area contributed by atoms with Crippen LogP contribution in [0.4, 0.5) is 30.2 Å². The molecule has 0 bridgehead atoms.